The van der Waals surface area contributed by atoms with E-state index in [1.165, 1.54) is 12.1 Å². The molecule has 0 atom stereocenters. The molecule has 2 aromatic rings. The van der Waals surface area contributed by atoms with E-state index in [-0.39, 0.29) is 29.4 Å². The maximum absolute atomic E-state index is 11.9. The first-order chi connectivity index (χ1) is 14.4. The summed E-state index contributed by atoms with van der Waals surface area (Å²) in [5.41, 5.74) is -0.161. The molecule has 0 heterocycles. The Hall–Kier alpha value is -3.33. The molecule has 160 valence electrons. The fraction of sp³-hybridized carbons (Fsp3) is 0.300. The second-order valence-electron chi connectivity index (χ2n) is 5.96. The Morgan fingerprint density at radius 2 is 1.83 bits per heavy atom. The van der Waals surface area contributed by atoms with Gasteiger partial charge in [0.15, 0.2) is 18.1 Å². The number of hydrogen-bond acceptors (Lipinski definition) is 7. The number of carbonyl (C=O) groups excluding carboxylic acids is 2. The highest BCUT2D eigenvalue weighted by Gasteiger charge is 2.14. The number of non-ortho nitro benzene ring substituents is 1. The van der Waals surface area contributed by atoms with Gasteiger partial charge >= 0.3 is 5.97 Å². The molecule has 0 fully saturated rings. The Morgan fingerprint density at radius 3 is 2.50 bits per heavy atom. The van der Waals surface area contributed by atoms with Gasteiger partial charge < -0.3 is 19.5 Å². The number of hydrogen-bond donors (Lipinski definition) is 1. The minimum Gasteiger partial charge on any atom is -0.490 e. The highest BCUT2D eigenvalue weighted by molar-refractivity contribution is 6.33. The highest BCUT2D eigenvalue weighted by Crippen LogP contribution is 2.27. The van der Waals surface area contributed by atoms with Crippen molar-refractivity contribution in [2.75, 3.05) is 25.1 Å². The van der Waals surface area contributed by atoms with Gasteiger partial charge in [0.25, 0.3) is 11.6 Å². The first-order valence-corrected chi connectivity index (χ1v) is 9.52. The van der Waals surface area contributed by atoms with Crippen LogP contribution in [0.15, 0.2) is 42.5 Å². The topological polar surface area (TPSA) is 117 Å². The van der Waals surface area contributed by atoms with Crippen LogP contribution >= 0.6 is 11.6 Å². The lowest BCUT2D eigenvalue weighted by Crippen LogP contribution is -2.21. The van der Waals surface area contributed by atoms with E-state index in [4.69, 9.17) is 25.8 Å². The lowest BCUT2D eigenvalue weighted by molar-refractivity contribution is -0.384. The number of esters is 1. The molecule has 1 amide bonds. The SMILES string of the molecule is CCOc1ccccc1OCCCC(=O)OCC(=O)Nc1cc([N+](=O)[O-])ccc1Cl. The van der Waals surface area contributed by atoms with E-state index in [0.717, 1.165) is 6.07 Å². The summed E-state index contributed by atoms with van der Waals surface area (Å²) in [6.45, 7) is 2.12. The number of nitrogens with zero attached hydrogens (tertiary/aromatic N) is 1. The number of nitrogens with one attached hydrogen (secondary N) is 1. The number of rotatable bonds is 11. The van der Waals surface area contributed by atoms with Gasteiger partial charge in [0.05, 0.1) is 28.8 Å². The zero-order valence-corrected chi connectivity index (χ0v) is 17.0. The Morgan fingerprint density at radius 1 is 1.13 bits per heavy atom. The fourth-order valence-corrected chi connectivity index (χ4v) is 2.53. The van der Waals surface area contributed by atoms with E-state index >= 15 is 0 Å². The highest BCUT2D eigenvalue weighted by atomic mass is 35.5. The van der Waals surface area contributed by atoms with E-state index in [1.807, 2.05) is 19.1 Å². The van der Waals surface area contributed by atoms with Crippen LogP contribution in [0.1, 0.15) is 19.8 Å². The first-order valence-electron chi connectivity index (χ1n) is 9.14. The Labute approximate surface area is 178 Å². The second kappa shape index (κ2) is 11.6. The molecule has 0 aliphatic rings. The van der Waals surface area contributed by atoms with Gasteiger partial charge in [-0.05, 0) is 31.5 Å². The van der Waals surface area contributed by atoms with Crippen molar-refractivity contribution in [1.82, 2.24) is 0 Å². The molecule has 0 unspecified atom stereocenters. The molecule has 0 aromatic heterocycles. The summed E-state index contributed by atoms with van der Waals surface area (Å²) in [6.07, 6.45) is 0.444. The molecule has 30 heavy (non-hydrogen) atoms. The molecule has 0 aliphatic heterocycles. The average Bonchev–Trinajstić information content (AvgIpc) is 2.72. The number of nitro groups is 1. The minimum atomic E-state index is -0.660. The van der Waals surface area contributed by atoms with Gasteiger partial charge in [-0.3, -0.25) is 19.7 Å². The number of carbonyl (C=O) groups is 2. The van der Waals surface area contributed by atoms with Gasteiger partial charge in [-0.25, -0.2) is 0 Å². The lowest BCUT2D eigenvalue weighted by atomic mass is 10.3. The number of para-hydroxylation sites is 2. The number of benzene rings is 2. The molecule has 1 N–H and O–H groups in total. The third kappa shape index (κ3) is 7.25. The van der Waals surface area contributed by atoms with Crippen molar-refractivity contribution in [2.24, 2.45) is 0 Å². The van der Waals surface area contributed by atoms with Crippen LogP contribution in [0.3, 0.4) is 0 Å². The predicted octanol–water partition coefficient (Wildman–Crippen LogP) is 3.99. The van der Waals surface area contributed by atoms with Crippen molar-refractivity contribution >= 4 is 34.9 Å². The molecule has 0 bridgehead atoms. The van der Waals surface area contributed by atoms with Gasteiger partial charge in [0.2, 0.25) is 0 Å². The zero-order chi connectivity index (χ0) is 21.9. The van der Waals surface area contributed by atoms with Crippen molar-refractivity contribution in [3.8, 4) is 11.5 Å². The number of anilines is 1. The fourth-order valence-electron chi connectivity index (χ4n) is 2.37. The van der Waals surface area contributed by atoms with Gasteiger partial charge in [-0.15, -0.1) is 0 Å². The summed E-state index contributed by atoms with van der Waals surface area (Å²) in [7, 11) is 0. The van der Waals surface area contributed by atoms with Crippen LogP contribution in [0.25, 0.3) is 0 Å². The van der Waals surface area contributed by atoms with Gasteiger partial charge in [0, 0.05) is 18.6 Å². The van der Waals surface area contributed by atoms with Crippen LogP contribution in [0.5, 0.6) is 11.5 Å². The molecule has 0 saturated carbocycles. The second-order valence-corrected chi connectivity index (χ2v) is 6.37. The van der Waals surface area contributed by atoms with Crippen LogP contribution in [0, 0.1) is 10.1 Å². The zero-order valence-electron chi connectivity index (χ0n) is 16.3. The number of amides is 1. The summed E-state index contributed by atoms with van der Waals surface area (Å²) in [6, 6.07) is 10.9. The molecule has 0 aliphatic carbocycles. The molecule has 2 aromatic carbocycles. The quantitative estimate of drug-likeness (QED) is 0.245. The molecule has 0 spiro atoms. The molecule has 9 nitrogen and oxygen atoms in total. The van der Waals surface area contributed by atoms with Gasteiger partial charge in [0.1, 0.15) is 0 Å². The molecule has 10 heteroatoms. The summed E-state index contributed by atoms with van der Waals surface area (Å²) in [5, 5.41) is 13.3. The van der Waals surface area contributed by atoms with Crippen LogP contribution in [0.4, 0.5) is 11.4 Å². The first kappa shape index (κ1) is 23.0. The van der Waals surface area contributed by atoms with E-state index in [9.17, 15) is 19.7 Å². The van der Waals surface area contributed by atoms with Crippen molar-refractivity contribution in [1.29, 1.82) is 0 Å². The maximum Gasteiger partial charge on any atom is 0.306 e. The van der Waals surface area contributed by atoms with Crippen molar-refractivity contribution in [3.63, 3.8) is 0 Å². The lowest BCUT2D eigenvalue weighted by Gasteiger charge is -2.11. The van der Waals surface area contributed by atoms with E-state index in [0.29, 0.717) is 24.5 Å². The van der Waals surface area contributed by atoms with Crippen LogP contribution in [0.2, 0.25) is 5.02 Å². The van der Waals surface area contributed by atoms with E-state index in [1.54, 1.807) is 12.1 Å². The monoisotopic (exact) mass is 436 g/mol. The summed E-state index contributed by atoms with van der Waals surface area (Å²) in [4.78, 5) is 33.9. The summed E-state index contributed by atoms with van der Waals surface area (Å²) in [5.74, 6) is -0.0235. The molecular formula is C20H21ClN2O7. The van der Waals surface area contributed by atoms with Crippen molar-refractivity contribution in [2.45, 2.75) is 19.8 Å². The van der Waals surface area contributed by atoms with Gasteiger partial charge in [-0.2, -0.15) is 0 Å². The Kier molecular flexibility index (Phi) is 8.89. The number of halogens is 1. The minimum absolute atomic E-state index is 0.0572. The van der Waals surface area contributed by atoms with Crippen LogP contribution in [-0.4, -0.2) is 36.6 Å². The summed E-state index contributed by atoms with van der Waals surface area (Å²) >= 11 is 5.91. The van der Waals surface area contributed by atoms with Crippen molar-refractivity contribution in [3.05, 3.63) is 57.6 Å². The Bertz CT molecular complexity index is 904. The molecule has 2 rings (SSSR count). The van der Waals surface area contributed by atoms with Gasteiger partial charge in [-0.1, -0.05) is 23.7 Å². The molecule has 0 radical (unpaired) electrons. The molecule has 0 saturated heterocycles. The third-order valence-electron chi connectivity index (χ3n) is 3.73. The van der Waals surface area contributed by atoms with Crippen LogP contribution < -0.4 is 14.8 Å². The average molecular weight is 437 g/mol. The standard InChI is InChI=1S/C20H21ClN2O7/c1-2-28-17-6-3-4-7-18(17)29-11-5-8-20(25)30-13-19(24)22-16-12-14(23(26)27)9-10-15(16)21/h3-4,6-7,9-10,12H,2,5,8,11,13H2,1H3,(H,22,24). The van der Waals surface area contributed by atoms with Crippen molar-refractivity contribution < 1.29 is 28.7 Å². The maximum atomic E-state index is 11.9. The summed E-state index contributed by atoms with van der Waals surface area (Å²) < 4.78 is 16.0. The number of ether oxygens (including phenoxy) is 3. The normalized spacial score (nSPS) is 10.2. The van der Waals surface area contributed by atoms with E-state index in [2.05, 4.69) is 5.32 Å². The molecular weight excluding hydrogens is 416 g/mol. The van der Waals surface area contributed by atoms with E-state index < -0.39 is 23.4 Å². The van der Waals surface area contributed by atoms with Crippen LogP contribution in [-0.2, 0) is 14.3 Å². The Balaban J connectivity index is 1.72. The largest absolute Gasteiger partial charge is 0.490 e. The smallest absolute Gasteiger partial charge is 0.306 e. The third-order valence-corrected chi connectivity index (χ3v) is 4.06. The number of nitro benzene ring substituents is 1. The predicted molar refractivity (Wildman–Crippen MR) is 110 cm³/mol.